The van der Waals surface area contributed by atoms with E-state index in [9.17, 15) is 9.18 Å². The fourth-order valence-corrected chi connectivity index (χ4v) is 3.92. The minimum absolute atomic E-state index is 0. The molecule has 1 heterocycles. The summed E-state index contributed by atoms with van der Waals surface area (Å²) in [6.07, 6.45) is 1.38. The number of carbonyl (C=O) groups excluding carboxylic acids is 1. The summed E-state index contributed by atoms with van der Waals surface area (Å²) in [5, 5.41) is 8.51. The first-order valence-electron chi connectivity index (χ1n) is 11.8. The highest BCUT2D eigenvalue weighted by Gasteiger charge is 2.28. The summed E-state index contributed by atoms with van der Waals surface area (Å²) in [4.78, 5) is 12.7. The van der Waals surface area contributed by atoms with Crippen molar-refractivity contribution in [2.24, 2.45) is 5.41 Å². The van der Waals surface area contributed by atoms with E-state index in [-0.39, 0.29) is 31.3 Å². The van der Waals surface area contributed by atoms with Gasteiger partial charge >= 0.3 is 0 Å². The lowest BCUT2D eigenvalue weighted by Gasteiger charge is -2.29. The Morgan fingerprint density at radius 3 is 2.33 bits per heavy atom. The molecule has 0 saturated carbocycles. The topological polar surface area (TPSA) is 56.1 Å². The van der Waals surface area contributed by atoms with Crippen molar-refractivity contribution in [2.75, 3.05) is 0 Å². The fourth-order valence-electron chi connectivity index (χ4n) is 3.92. The number of nitrogens with one attached hydrogen (secondary N) is 1. The summed E-state index contributed by atoms with van der Waals surface area (Å²) < 4.78 is 21.6. The molecule has 190 valence electrons. The van der Waals surface area contributed by atoms with Crippen LogP contribution in [0.2, 0.25) is 0 Å². The summed E-state index contributed by atoms with van der Waals surface area (Å²) in [5.74, 6) is 0.362. The second kappa shape index (κ2) is 10.5. The molecule has 0 radical (unpaired) electrons. The van der Waals surface area contributed by atoms with E-state index < -0.39 is 5.41 Å². The molecule has 0 saturated heterocycles. The number of aryl methyl sites for hydroxylation is 2. The average molecular weight is 490 g/mol. The lowest BCUT2D eigenvalue weighted by molar-refractivity contribution is -0.129. The maximum Gasteiger partial charge on any atom is 0.225 e. The summed E-state index contributed by atoms with van der Waals surface area (Å²) in [7, 11) is 0. The van der Waals surface area contributed by atoms with Gasteiger partial charge in [0.25, 0.3) is 0 Å². The van der Waals surface area contributed by atoms with E-state index in [2.05, 4.69) is 42.5 Å². The van der Waals surface area contributed by atoms with Crippen molar-refractivity contribution in [2.45, 2.75) is 61.1 Å². The number of carbonyl (C=O) groups is 1. The zero-order chi connectivity index (χ0) is 25.3. The van der Waals surface area contributed by atoms with Crippen LogP contribution in [0.25, 0.3) is 16.6 Å². The Morgan fingerprint density at radius 2 is 1.69 bits per heavy atom. The van der Waals surface area contributed by atoms with E-state index in [0.29, 0.717) is 5.75 Å². The van der Waals surface area contributed by atoms with Crippen molar-refractivity contribution >= 4 is 16.8 Å². The summed E-state index contributed by atoms with van der Waals surface area (Å²) in [6.45, 7) is 11.8. The standard InChI is InChI=1S/C29H32FN3O2.CH4/c1-18-7-8-21(15-19(18)2)27(20(3)32-28(34)29(4,5)6)35-25-13-14-26-22(16-25)17-31-33(26)24-11-9-23(30)10-12-24;/h7-17,20,27H,1-6H3,(H,32,34);1H4/t20-,27-;/m0./s1. The molecule has 0 unspecified atom stereocenters. The van der Waals surface area contributed by atoms with Gasteiger partial charge in [-0.3, -0.25) is 4.79 Å². The van der Waals surface area contributed by atoms with Gasteiger partial charge in [-0.1, -0.05) is 46.4 Å². The number of hydrogen-bond acceptors (Lipinski definition) is 3. The molecular formula is C30H36FN3O2. The van der Waals surface area contributed by atoms with Crippen LogP contribution in [0.4, 0.5) is 4.39 Å². The molecule has 0 spiro atoms. The molecule has 1 aromatic heterocycles. The second-order valence-corrected chi connectivity index (χ2v) is 10.1. The minimum Gasteiger partial charge on any atom is -0.484 e. The van der Waals surface area contributed by atoms with Gasteiger partial charge in [0.05, 0.1) is 23.4 Å². The highest BCUT2D eigenvalue weighted by atomic mass is 19.1. The Hall–Kier alpha value is -3.67. The first kappa shape index (κ1) is 26.9. The minimum atomic E-state index is -0.504. The molecule has 0 aliphatic rings. The zero-order valence-electron chi connectivity index (χ0n) is 21.1. The predicted molar refractivity (Wildman–Crippen MR) is 144 cm³/mol. The maximum atomic E-state index is 13.3. The molecule has 36 heavy (non-hydrogen) atoms. The van der Waals surface area contributed by atoms with Crippen molar-refractivity contribution in [3.05, 3.63) is 89.4 Å². The molecular weight excluding hydrogens is 453 g/mol. The molecule has 3 aromatic carbocycles. The third-order valence-corrected chi connectivity index (χ3v) is 6.23. The quantitative estimate of drug-likeness (QED) is 0.315. The van der Waals surface area contributed by atoms with Gasteiger partial charge in [0, 0.05) is 10.8 Å². The van der Waals surface area contributed by atoms with E-state index in [0.717, 1.165) is 22.2 Å². The maximum absolute atomic E-state index is 13.3. The molecule has 4 rings (SSSR count). The molecule has 0 fully saturated rings. The van der Waals surface area contributed by atoms with Crippen LogP contribution in [0.15, 0.2) is 66.9 Å². The van der Waals surface area contributed by atoms with E-state index in [4.69, 9.17) is 4.74 Å². The number of aromatic nitrogens is 2. The molecule has 5 nitrogen and oxygen atoms in total. The fraction of sp³-hybridized carbons (Fsp3) is 0.333. The van der Waals surface area contributed by atoms with Crippen molar-refractivity contribution in [1.29, 1.82) is 0 Å². The van der Waals surface area contributed by atoms with Crippen molar-refractivity contribution in [3.8, 4) is 11.4 Å². The number of fused-ring (bicyclic) bond motifs is 1. The lowest BCUT2D eigenvalue weighted by atomic mass is 9.93. The van der Waals surface area contributed by atoms with Crippen molar-refractivity contribution in [1.82, 2.24) is 15.1 Å². The number of amides is 1. The molecule has 4 aromatic rings. The van der Waals surface area contributed by atoms with Crippen LogP contribution in [0.3, 0.4) is 0 Å². The van der Waals surface area contributed by atoms with Crippen LogP contribution < -0.4 is 10.1 Å². The number of nitrogens with zero attached hydrogens (tertiary/aromatic N) is 2. The third kappa shape index (κ3) is 5.76. The van der Waals surface area contributed by atoms with Gasteiger partial charge in [-0.05, 0) is 79.9 Å². The average Bonchev–Trinajstić information content (AvgIpc) is 3.22. The first-order valence-corrected chi connectivity index (χ1v) is 11.8. The van der Waals surface area contributed by atoms with Crippen LogP contribution >= 0.6 is 0 Å². The van der Waals surface area contributed by atoms with Crippen LogP contribution in [0, 0.1) is 25.1 Å². The Balaban J connectivity index is 0.00000361. The summed E-state index contributed by atoms with van der Waals surface area (Å²) >= 11 is 0. The monoisotopic (exact) mass is 489 g/mol. The Kier molecular flexibility index (Phi) is 7.87. The molecule has 1 N–H and O–H groups in total. The summed E-state index contributed by atoms with van der Waals surface area (Å²) in [6, 6.07) is 18.0. The van der Waals surface area contributed by atoms with Crippen LogP contribution in [-0.4, -0.2) is 21.7 Å². The normalized spacial score (nSPS) is 13.1. The van der Waals surface area contributed by atoms with E-state index in [1.54, 1.807) is 23.0 Å². The van der Waals surface area contributed by atoms with Gasteiger partial charge in [-0.25, -0.2) is 9.07 Å². The largest absolute Gasteiger partial charge is 0.484 e. The highest BCUT2D eigenvalue weighted by Crippen LogP contribution is 2.30. The predicted octanol–water partition coefficient (Wildman–Crippen LogP) is 7.09. The van der Waals surface area contributed by atoms with E-state index in [1.165, 1.54) is 23.3 Å². The van der Waals surface area contributed by atoms with Gasteiger partial charge in [0.15, 0.2) is 0 Å². The third-order valence-electron chi connectivity index (χ3n) is 6.23. The number of benzene rings is 3. The van der Waals surface area contributed by atoms with Gasteiger partial charge < -0.3 is 10.1 Å². The van der Waals surface area contributed by atoms with Gasteiger partial charge in [0.1, 0.15) is 17.7 Å². The highest BCUT2D eigenvalue weighted by molar-refractivity contribution is 5.82. The smallest absolute Gasteiger partial charge is 0.225 e. The van der Waals surface area contributed by atoms with E-state index in [1.807, 2.05) is 45.9 Å². The molecule has 1 amide bonds. The number of rotatable bonds is 6. The van der Waals surface area contributed by atoms with Crippen LogP contribution in [0.1, 0.15) is 57.9 Å². The number of ether oxygens (including phenoxy) is 1. The van der Waals surface area contributed by atoms with Gasteiger partial charge in [-0.15, -0.1) is 0 Å². The molecule has 6 heteroatoms. The SMILES string of the molecule is C.Cc1ccc([C@@H](Oc2ccc3c(cnn3-c3ccc(F)cc3)c2)[C@H](C)NC(=O)C(C)(C)C)cc1C. The first-order chi connectivity index (χ1) is 16.5. The lowest BCUT2D eigenvalue weighted by Crippen LogP contribution is -2.44. The molecule has 0 bridgehead atoms. The Bertz CT molecular complexity index is 1350. The Labute approximate surface area is 213 Å². The molecule has 2 atom stereocenters. The summed E-state index contributed by atoms with van der Waals surface area (Å²) in [5.41, 5.74) is 4.53. The second-order valence-electron chi connectivity index (χ2n) is 10.1. The number of halogens is 1. The van der Waals surface area contributed by atoms with Gasteiger partial charge in [-0.2, -0.15) is 5.10 Å². The van der Waals surface area contributed by atoms with Crippen molar-refractivity contribution in [3.63, 3.8) is 0 Å². The van der Waals surface area contributed by atoms with Gasteiger partial charge in [0.2, 0.25) is 5.91 Å². The van der Waals surface area contributed by atoms with Crippen LogP contribution in [-0.2, 0) is 4.79 Å². The number of hydrogen-bond donors (Lipinski definition) is 1. The van der Waals surface area contributed by atoms with E-state index >= 15 is 0 Å². The Morgan fingerprint density at radius 1 is 1.00 bits per heavy atom. The molecule has 0 aliphatic heterocycles. The van der Waals surface area contributed by atoms with Crippen molar-refractivity contribution < 1.29 is 13.9 Å². The van der Waals surface area contributed by atoms with Crippen LogP contribution in [0.5, 0.6) is 5.75 Å². The molecule has 0 aliphatic carbocycles. The zero-order valence-corrected chi connectivity index (χ0v) is 21.1.